The average molecular weight is 325 g/mol. The van der Waals surface area contributed by atoms with Crippen molar-refractivity contribution in [3.63, 3.8) is 0 Å². The summed E-state index contributed by atoms with van der Waals surface area (Å²) < 4.78 is 5.15. The molecule has 0 fully saturated rings. The fourth-order valence-corrected chi connectivity index (χ4v) is 2.75. The van der Waals surface area contributed by atoms with E-state index < -0.39 is 0 Å². The van der Waals surface area contributed by atoms with Gasteiger partial charge in [-0.15, -0.1) is 0 Å². The van der Waals surface area contributed by atoms with Gasteiger partial charge in [-0.1, -0.05) is 56.3 Å². The van der Waals surface area contributed by atoms with Crippen LogP contribution in [0.1, 0.15) is 43.9 Å². The number of hydrogen-bond acceptors (Lipinski definition) is 2. The standard InChI is InChI=1S/C21H27NO2/c1-16(2)15-20(18-7-5-4-6-8-18)22-21(23)14-11-17-9-12-19(24-3)13-10-17/h4-10,12-13,16,20H,11,14-15H2,1-3H3,(H,22,23)/t20-/m1/s1. The number of carbonyl (C=O) groups is 1. The monoisotopic (exact) mass is 325 g/mol. The molecule has 2 aromatic carbocycles. The third kappa shape index (κ3) is 5.73. The zero-order valence-corrected chi connectivity index (χ0v) is 14.8. The average Bonchev–Trinajstić information content (AvgIpc) is 2.60. The minimum atomic E-state index is 0.0783. The zero-order chi connectivity index (χ0) is 17.4. The van der Waals surface area contributed by atoms with Gasteiger partial charge in [0.05, 0.1) is 13.2 Å². The van der Waals surface area contributed by atoms with Crippen LogP contribution in [-0.4, -0.2) is 13.0 Å². The van der Waals surface area contributed by atoms with Gasteiger partial charge in [0.1, 0.15) is 5.75 Å². The third-order valence-corrected chi connectivity index (χ3v) is 4.04. The van der Waals surface area contributed by atoms with Crippen molar-refractivity contribution in [1.82, 2.24) is 5.32 Å². The van der Waals surface area contributed by atoms with Crippen molar-refractivity contribution in [2.45, 2.75) is 39.2 Å². The number of carbonyl (C=O) groups excluding carboxylic acids is 1. The summed E-state index contributed by atoms with van der Waals surface area (Å²) >= 11 is 0. The topological polar surface area (TPSA) is 38.3 Å². The summed E-state index contributed by atoms with van der Waals surface area (Å²) in [5, 5.41) is 3.19. The van der Waals surface area contributed by atoms with E-state index in [-0.39, 0.29) is 11.9 Å². The molecule has 3 heteroatoms. The molecule has 1 atom stereocenters. The molecular weight excluding hydrogens is 298 g/mol. The van der Waals surface area contributed by atoms with E-state index in [2.05, 4.69) is 31.3 Å². The van der Waals surface area contributed by atoms with Crippen LogP contribution in [0, 0.1) is 5.92 Å². The smallest absolute Gasteiger partial charge is 0.220 e. The molecule has 128 valence electrons. The number of ether oxygens (including phenoxy) is 1. The number of hydrogen-bond donors (Lipinski definition) is 1. The second-order valence-electron chi connectivity index (χ2n) is 6.51. The van der Waals surface area contributed by atoms with Crippen LogP contribution in [0.4, 0.5) is 0 Å². The Kier molecular flexibility index (Phi) is 6.86. The Hall–Kier alpha value is -2.29. The van der Waals surface area contributed by atoms with Gasteiger partial charge in [0.2, 0.25) is 5.91 Å². The van der Waals surface area contributed by atoms with Gasteiger partial charge >= 0.3 is 0 Å². The lowest BCUT2D eigenvalue weighted by molar-refractivity contribution is -0.121. The van der Waals surface area contributed by atoms with Crippen molar-refractivity contribution in [2.24, 2.45) is 5.92 Å². The fraction of sp³-hybridized carbons (Fsp3) is 0.381. The van der Waals surface area contributed by atoms with Crippen molar-refractivity contribution in [2.75, 3.05) is 7.11 Å². The Balaban J connectivity index is 1.92. The van der Waals surface area contributed by atoms with E-state index in [0.29, 0.717) is 12.3 Å². The van der Waals surface area contributed by atoms with E-state index in [1.807, 2.05) is 42.5 Å². The predicted molar refractivity (Wildman–Crippen MR) is 98.1 cm³/mol. The molecule has 2 rings (SSSR count). The quantitative estimate of drug-likeness (QED) is 0.774. The first-order valence-electron chi connectivity index (χ1n) is 8.55. The lowest BCUT2D eigenvalue weighted by atomic mass is 9.96. The second-order valence-corrected chi connectivity index (χ2v) is 6.51. The number of benzene rings is 2. The van der Waals surface area contributed by atoms with E-state index in [1.165, 1.54) is 5.56 Å². The molecular formula is C21H27NO2. The molecule has 0 saturated carbocycles. The Morgan fingerprint density at radius 2 is 1.71 bits per heavy atom. The van der Waals surface area contributed by atoms with E-state index >= 15 is 0 Å². The molecule has 1 N–H and O–H groups in total. The molecule has 0 spiro atoms. The maximum absolute atomic E-state index is 12.4. The van der Waals surface area contributed by atoms with Crippen molar-refractivity contribution in [3.8, 4) is 5.75 Å². The molecule has 0 saturated heterocycles. The van der Waals surface area contributed by atoms with Crippen LogP contribution in [-0.2, 0) is 11.2 Å². The normalized spacial score (nSPS) is 12.0. The molecule has 1 amide bonds. The zero-order valence-electron chi connectivity index (χ0n) is 14.8. The number of amides is 1. The second kappa shape index (κ2) is 9.11. The van der Waals surface area contributed by atoms with E-state index in [9.17, 15) is 4.79 Å². The van der Waals surface area contributed by atoms with Crippen molar-refractivity contribution < 1.29 is 9.53 Å². The summed E-state index contributed by atoms with van der Waals surface area (Å²) in [6.45, 7) is 4.36. The number of rotatable bonds is 8. The van der Waals surface area contributed by atoms with Gasteiger partial charge in [-0.2, -0.15) is 0 Å². The highest BCUT2D eigenvalue weighted by Crippen LogP contribution is 2.21. The molecule has 0 aromatic heterocycles. The Morgan fingerprint density at radius 1 is 1.04 bits per heavy atom. The van der Waals surface area contributed by atoms with Gasteiger partial charge < -0.3 is 10.1 Å². The summed E-state index contributed by atoms with van der Waals surface area (Å²) in [6.07, 6.45) is 2.17. The van der Waals surface area contributed by atoms with E-state index in [0.717, 1.165) is 24.2 Å². The SMILES string of the molecule is COc1ccc(CCC(=O)N[C@H](CC(C)C)c2ccccc2)cc1. The number of methoxy groups -OCH3 is 1. The van der Waals surface area contributed by atoms with Gasteiger partial charge in [-0.05, 0) is 42.0 Å². The summed E-state index contributed by atoms with van der Waals surface area (Å²) in [6, 6.07) is 18.2. The Labute approximate surface area is 145 Å². The first-order chi connectivity index (χ1) is 11.6. The van der Waals surface area contributed by atoms with Crippen LogP contribution in [0.5, 0.6) is 5.75 Å². The van der Waals surface area contributed by atoms with Gasteiger partial charge in [0.25, 0.3) is 0 Å². The van der Waals surface area contributed by atoms with Crippen LogP contribution in [0.2, 0.25) is 0 Å². The number of aryl methyl sites for hydroxylation is 1. The maximum atomic E-state index is 12.4. The molecule has 24 heavy (non-hydrogen) atoms. The summed E-state index contributed by atoms with van der Waals surface area (Å²) in [4.78, 5) is 12.4. The Bertz CT molecular complexity index is 620. The molecule has 3 nitrogen and oxygen atoms in total. The van der Waals surface area contributed by atoms with Gasteiger partial charge in [0, 0.05) is 6.42 Å². The highest BCUT2D eigenvalue weighted by Gasteiger charge is 2.15. The predicted octanol–water partition coefficient (Wildman–Crippen LogP) is 4.53. The molecule has 0 aliphatic rings. The van der Waals surface area contributed by atoms with Crippen LogP contribution in [0.3, 0.4) is 0 Å². The summed E-state index contributed by atoms with van der Waals surface area (Å²) in [5.41, 5.74) is 2.31. The minimum Gasteiger partial charge on any atom is -0.497 e. The van der Waals surface area contributed by atoms with E-state index in [4.69, 9.17) is 4.74 Å². The lowest BCUT2D eigenvalue weighted by Gasteiger charge is -2.21. The van der Waals surface area contributed by atoms with E-state index in [1.54, 1.807) is 7.11 Å². The fourth-order valence-electron chi connectivity index (χ4n) is 2.75. The molecule has 0 heterocycles. The molecule has 0 bridgehead atoms. The van der Waals surface area contributed by atoms with Crippen LogP contribution in [0.25, 0.3) is 0 Å². The maximum Gasteiger partial charge on any atom is 0.220 e. The third-order valence-electron chi connectivity index (χ3n) is 4.04. The molecule has 2 aromatic rings. The molecule has 0 aliphatic carbocycles. The van der Waals surface area contributed by atoms with Gasteiger partial charge in [-0.25, -0.2) is 0 Å². The molecule has 0 aliphatic heterocycles. The minimum absolute atomic E-state index is 0.0783. The first kappa shape index (κ1) is 18.1. The molecule has 0 radical (unpaired) electrons. The highest BCUT2D eigenvalue weighted by atomic mass is 16.5. The highest BCUT2D eigenvalue weighted by molar-refractivity contribution is 5.76. The van der Waals surface area contributed by atoms with Gasteiger partial charge in [-0.3, -0.25) is 4.79 Å². The molecule has 0 unspecified atom stereocenters. The summed E-state index contributed by atoms with van der Waals surface area (Å²) in [7, 11) is 1.65. The number of nitrogens with one attached hydrogen (secondary N) is 1. The summed E-state index contributed by atoms with van der Waals surface area (Å²) in [5.74, 6) is 1.46. The first-order valence-corrected chi connectivity index (χ1v) is 8.55. The van der Waals surface area contributed by atoms with Crippen molar-refractivity contribution >= 4 is 5.91 Å². The van der Waals surface area contributed by atoms with Gasteiger partial charge in [0.15, 0.2) is 0 Å². The van der Waals surface area contributed by atoms with Crippen LogP contribution < -0.4 is 10.1 Å². The van der Waals surface area contributed by atoms with Crippen LogP contribution in [0.15, 0.2) is 54.6 Å². The Morgan fingerprint density at radius 3 is 2.29 bits per heavy atom. The van der Waals surface area contributed by atoms with Crippen LogP contribution >= 0.6 is 0 Å². The lowest BCUT2D eigenvalue weighted by Crippen LogP contribution is -2.29. The largest absolute Gasteiger partial charge is 0.497 e. The van der Waals surface area contributed by atoms with Crippen molar-refractivity contribution in [3.05, 3.63) is 65.7 Å². The van der Waals surface area contributed by atoms with Crippen molar-refractivity contribution in [1.29, 1.82) is 0 Å².